The highest BCUT2D eigenvalue weighted by atomic mass is 16.5. The predicted octanol–water partition coefficient (Wildman–Crippen LogP) is 1.05. The van der Waals surface area contributed by atoms with Crippen LogP contribution in [-0.2, 0) is 11.3 Å². The molecule has 5 heteroatoms. The Hall–Kier alpha value is -0.910. The van der Waals surface area contributed by atoms with Crippen LogP contribution in [0, 0.1) is 0 Å². The Morgan fingerprint density at radius 1 is 1.56 bits per heavy atom. The molecule has 1 fully saturated rings. The summed E-state index contributed by atoms with van der Waals surface area (Å²) >= 11 is 0. The summed E-state index contributed by atoms with van der Waals surface area (Å²) < 4.78 is 7.35. The Balaban J connectivity index is 1.99. The second kappa shape index (κ2) is 5.82. The molecule has 0 aromatic carbocycles. The molecular formula is C13H23N3O2. The molecular weight excluding hydrogens is 230 g/mol. The Labute approximate surface area is 108 Å². The first-order valence-electron chi connectivity index (χ1n) is 6.54. The van der Waals surface area contributed by atoms with Gasteiger partial charge in [0.25, 0.3) is 0 Å². The molecule has 1 saturated heterocycles. The summed E-state index contributed by atoms with van der Waals surface area (Å²) in [4.78, 5) is 2.27. The van der Waals surface area contributed by atoms with E-state index >= 15 is 0 Å². The van der Waals surface area contributed by atoms with Gasteiger partial charge in [-0.2, -0.15) is 5.10 Å². The van der Waals surface area contributed by atoms with Crippen LogP contribution < -0.4 is 0 Å². The summed E-state index contributed by atoms with van der Waals surface area (Å²) in [6.07, 6.45) is 5.14. The van der Waals surface area contributed by atoms with Crippen LogP contribution in [0.3, 0.4) is 0 Å². The van der Waals surface area contributed by atoms with Gasteiger partial charge in [-0.1, -0.05) is 0 Å². The van der Waals surface area contributed by atoms with Gasteiger partial charge in [-0.3, -0.25) is 9.58 Å². The monoisotopic (exact) mass is 253 g/mol. The van der Waals surface area contributed by atoms with E-state index in [2.05, 4.69) is 30.0 Å². The van der Waals surface area contributed by atoms with Crippen LogP contribution in [0.2, 0.25) is 0 Å². The molecule has 2 atom stereocenters. The lowest BCUT2D eigenvalue weighted by atomic mass is 10.2. The van der Waals surface area contributed by atoms with Gasteiger partial charge >= 0.3 is 0 Å². The quantitative estimate of drug-likeness (QED) is 0.852. The molecule has 18 heavy (non-hydrogen) atoms. The summed E-state index contributed by atoms with van der Waals surface area (Å²) in [7, 11) is 1.74. The van der Waals surface area contributed by atoms with E-state index in [9.17, 15) is 5.11 Å². The van der Waals surface area contributed by atoms with Gasteiger partial charge in [-0.15, -0.1) is 0 Å². The van der Waals surface area contributed by atoms with E-state index in [1.807, 2.05) is 10.9 Å². The highest BCUT2D eigenvalue weighted by Crippen LogP contribution is 2.22. The minimum absolute atomic E-state index is 0.193. The highest BCUT2D eigenvalue weighted by Gasteiger charge is 2.31. The Bertz CT molecular complexity index is 378. The number of methoxy groups -OCH3 is 1. The number of likely N-dealkylation sites (tertiary alicyclic amines) is 1. The van der Waals surface area contributed by atoms with E-state index in [1.165, 1.54) is 5.56 Å². The van der Waals surface area contributed by atoms with Crippen LogP contribution in [0.25, 0.3) is 0 Å². The molecule has 1 aromatic heterocycles. The van der Waals surface area contributed by atoms with E-state index in [0.29, 0.717) is 6.04 Å². The van der Waals surface area contributed by atoms with Gasteiger partial charge in [0.2, 0.25) is 0 Å². The smallest absolute Gasteiger partial charge is 0.0714 e. The molecule has 0 spiro atoms. The molecule has 0 aliphatic carbocycles. The normalized spacial score (nSPS) is 25.2. The maximum Gasteiger partial charge on any atom is 0.0714 e. The fourth-order valence-corrected chi connectivity index (χ4v) is 2.47. The van der Waals surface area contributed by atoms with E-state index in [4.69, 9.17) is 4.74 Å². The van der Waals surface area contributed by atoms with Gasteiger partial charge < -0.3 is 9.84 Å². The average molecular weight is 253 g/mol. The number of aliphatic hydroxyl groups excluding tert-OH is 1. The lowest BCUT2D eigenvalue weighted by molar-refractivity contribution is 0.107. The van der Waals surface area contributed by atoms with E-state index in [-0.39, 0.29) is 18.8 Å². The number of hydrogen-bond donors (Lipinski definition) is 1. The number of rotatable bonds is 5. The third-order valence-corrected chi connectivity index (χ3v) is 3.60. The van der Waals surface area contributed by atoms with Crippen LogP contribution in [0.5, 0.6) is 0 Å². The topological polar surface area (TPSA) is 50.5 Å². The molecule has 1 aliphatic rings. The molecule has 0 saturated carbocycles. The fraction of sp³-hybridized carbons (Fsp3) is 0.769. The molecule has 0 bridgehead atoms. The maximum atomic E-state index is 9.40. The van der Waals surface area contributed by atoms with Crippen LogP contribution in [-0.4, -0.2) is 52.2 Å². The van der Waals surface area contributed by atoms with Crippen molar-refractivity contribution in [3.63, 3.8) is 0 Å². The zero-order chi connectivity index (χ0) is 13.1. The second-order valence-corrected chi connectivity index (χ2v) is 5.28. The molecule has 2 rings (SSSR count). The van der Waals surface area contributed by atoms with Gasteiger partial charge in [0.05, 0.1) is 18.9 Å². The standard InChI is InChI=1S/C13H23N3O2/c1-10(2)16-7-11(5-14-16)6-15-8-13(18-3)4-12(15)9-17/h5,7,10,12-13,17H,4,6,8-9H2,1-3H3/t12-,13+/m0/s1. The predicted molar refractivity (Wildman–Crippen MR) is 69.3 cm³/mol. The van der Waals surface area contributed by atoms with Gasteiger partial charge in [0.15, 0.2) is 0 Å². The Morgan fingerprint density at radius 2 is 2.33 bits per heavy atom. The Morgan fingerprint density at radius 3 is 2.89 bits per heavy atom. The van der Waals surface area contributed by atoms with E-state index < -0.39 is 0 Å². The third kappa shape index (κ3) is 2.91. The lowest BCUT2D eigenvalue weighted by Crippen LogP contribution is -2.31. The first-order chi connectivity index (χ1) is 8.63. The molecule has 1 aromatic rings. The van der Waals surface area contributed by atoms with E-state index in [0.717, 1.165) is 19.5 Å². The van der Waals surface area contributed by atoms with Gasteiger partial charge in [0.1, 0.15) is 0 Å². The van der Waals surface area contributed by atoms with Crippen molar-refractivity contribution >= 4 is 0 Å². The van der Waals surface area contributed by atoms with Crippen molar-refractivity contribution in [2.75, 3.05) is 20.3 Å². The van der Waals surface area contributed by atoms with Crippen molar-refractivity contribution in [3.8, 4) is 0 Å². The van der Waals surface area contributed by atoms with Crippen molar-refractivity contribution in [1.82, 2.24) is 14.7 Å². The molecule has 2 heterocycles. The number of aromatic nitrogens is 2. The lowest BCUT2D eigenvalue weighted by Gasteiger charge is -2.21. The molecule has 0 unspecified atom stereocenters. The van der Waals surface area contributed by atoms with Crippen LogP contribution in [0.1, 0.15) is 31.9 Å². The SMILES string of the molecule is CO[C@@H]1C[C@@H](CO)N(Cc2cnn(C(C)C)c2)C1. The number of aliphatic hydroxyl groups is 1. The first kappa shape index (κ1) is 13.5. The largest absolute Gasteiger partial charge is 0.395 e. The summed E-state index contributed by atoms with van der Waals surface area (Å²) in [5.41, 5.74) is 1.19. The molecule has 1 aliphatic heterocycles. The molecule has 0 radical (unpaired) electrons. The minimum atomic E-state index is 0.193. The number of ether oxygens (including phenoxy) is 1. The van der Waals surface area contributed by atoms with Crippen LogP contribution in [0.15, 0.2) is 12.4 Å². The van der Waals surface area contributed by atoms with Crippen molar-refractivity contribution in [2.45, 2.75) is 45.0 Å². The zero-order valence-electron chi connectivity index (χ0n) is 11.4. The maximum absolute atomic E-state index is 9.40. The summed E-state index contributed by atoms with van der Waals surface area (Å²) in [6, 6.07) is 0.593. The van der Waals surface area contributed by atoms with Crippen LogP contribution >= 0.6 is 0 Å². The summed E-state index contributed by atoms with van der Waals surface area (Å²) in [5.74, 6) is 0. The number of hydrogen-bond acceptors (Lipinski definition) is 4. The summed E-state index contributed by atoms with van der Waals surface area (Å²) in [6.45, 7) is 6.14. The molecule has 1 N–H and O–H groups in total. The molecule has 0 amide bonds. The van der Waals surface area contributed by atoms with Gasteiger partial charge in [-0.25, -0.2) is 0 Å². The van der Waals surface area contributed by atoms with Crippen molar-refractivity contribution in [1.29, 1.82) is 0 Å². The summed E-state index contributed by atoms with van der Waals surface area (Å²) in [5, 5.41) is 13.7. The van der Waals surface area contributed by atoms with E-state index in [1.54, 1.807) is 7.11 Å². The van der Waals surface area contributed by atoms with Crippen molar-refractivity contribution in [2.24, 2.45) is 0 Å². The first-order valence-corrected chi connectivity index (χ1v) is 6.54. The molecule has 102 valence electrons. The minimum Gasteiger partial charge on any atom is -0.395 e. The Kier molecular flexibility index (Phi) is 4.37. The third-order valence-electron chi connectivity index (χ3n) is 3.60. The van der Waals surface area contributed by atoms with Crippen molar-refractivity contribution < 1.29 is 9.84 Å². The van der Waals surface area contributed by atoms with Gasteiger partial charge in [-0.05, 0) is 20.3 Å². The second-order valence-electron chi connectivity index (χ2n) is 5.28. The molecule has 5 nitrogen and oxygen atoms in total. The van der Waals surface area contributed by atoms with Crippen molar-refractivity contribution in [3.05, 3.63) is 18.0 Å². The fourth-order valence-electron chi connectivity index (χ4n) is 2.47. The number of nitrogens with zero attached hydrogens (tertiary/aromatic N) is 3. The van der Waals surface area contributed by atoms with Gasteiger partial charge in [0, 0.05) is 44.0 Å². The zero-order valence-corrected chi connectivity index (χ0v) is 11.4. The highest BCUT2D eigenvalue weighted by molar-refractivity contribution is 5.05. The average Bonchev–Trinajstić information content (AvgIpc) is 2.96. The van der Waals surface area contributed by atoms with Crippen LogP contribution in [0.4, 0.5) is 0 Å².